The fourth-order valence-electron chi connectivity index (χ4n) is 3.06. The number of morpholine rings is 1. The Hall–Kier alpha value is -2.78. The summed E-state index contributed by atoms with van der Waals surface area (Å²) >= 11 is 0. The van der Waals surface area contributed by atoms with Crippen molar-refractivity contribution in [2.75, 3.05) is 77.6 Å². The summed E-state index contributed by atoms with van der Waals surface area (Å²) in [6, 6.07) is 5.97. The molecule has 1 saturated heterocycles. The third kappa shape index (κ3) is 6.64. The van der Waals surface area contributed by atoms with E-state index in [-0.39, 0.29) is 0 Å². The summed E-state index contributed by atoms with van der Waals surface area (Å²) in [5, 5.41) is 8.11. The maximum Gasteiger partial charge on any atom is 0.356 e. The standard InChI is InChI=1S/C21H33N5O4/c1-6-30-21(27)18(16-24(3)10-9-22-2)23-25(4)19-8-7-17(15-20(19)28-5)26-11-13-29-14-12-26/h7-10,15,22H,6,11-14,16H2,1-5H3/p+1/b10-9-,23-18-. The molecule has 0 bridgehead atoms. The summed E-state index contributed by atoms with van der Waals surface area (Å²) in [6.07, 6.45) is 3.78. The van der Waals surface area contributed by atoms with Crippen molar-refractivity contribution in [3.63, 3.8) is 0 Å². The van der Waals surface area contributed by atoms with Crippen LogP contribution in [0.3, 0.4) is 0 Å². The number of nitrogens with zero attached hydrogens (tertiary/aromatic N) is 4. The molecule has 0 atom stereocenters. The highest BCUT2D eigenvalue weighted by Crippen LogP contribution is 2.32. The largest absolute Gasteiger partial charge is 0.494 e. The molecule has 1 heterocycles. The third-order valence-electron chi connectivity index (χ3n) is 4.60. The molecule has 2 rings (SSSR count). The number of methoxy groups -OCH3 is 1. The highest BCUT2D eigenvalue weighted by Gasteiger charge is 2.19. The molecule has 166 valence electrons. The van der Waals surface area contributed by atoms with Gasteiger partial charge in [0.2, 0.25) is 0 Å². The summed E-state index contributed by atoms with van der Waals surface area (Å²) in [6.45, 7) is 5.52. The van der Waals surface area contributed by atoms with Crippen LogP contribution < -0.4 is 20.0 Å². The van der Waals surface area contributed by atoms with E-state index in [0.717, 1.165) is 37.7 Å². The van der Waals surface area contributed by atoms with Gasteiger partial charge in [0, 0.05) is 38.9 Å². The second-order valence-electron chi connectivity index (χ2n) is 6.84. The van der Waals surface area contributed by atoms with Crippen LogP contribution >= 0.6 is 0 Å². The normalized spacial score (nSPS) is 14.7. The van der Waals surface area contributed by atoms with Crippen LogP contribution in [0, 0.1) is 0 Å². The smallest absolute Gasteiger partial charge is 0.356 e. The first-order chi connectivity index (χ1) is 14.5. The van der Waals surface area contributed by atoms with E-state index in [1.807, 2.05) is 54.9 Å². The number of hydrogen-bond donors (Lipinski definition) is 1. The molecule has 9 heteroatoms. The maximum absolute atomic E-state index is 12.4. The molecule has 1 fully saturated rings. The zero-order chi connectivity index (χ0) is 21.9. The Morgan fingerprint density at radius 1 is 1.33 bits per heavy atom. The van der Waals surface area contributed by atoms with Crippen molar-refractivity contribution >= 4 is 23.1 Å². The van der Waals surface area contributed by atoms with E-state index in [1.165, 1.54) is 0 Å². The monoisotopic (exact) mass is 420 g/mol. The predicted molar refractivity (Wildman–Crippen MR) is 118 cm³/mol. The van der Waals surface area contributed by atoms with Crippen LogP contribution in [-0.2, 0) is 14.3 Å². The molecule has 2 N–H and O–H groups in total. The summed E-state index contributed by atoms with van der Waals surface area (Å²) < 4.78 is 16.2. The molecule has 0 saturated carbocycles. The number of rotatable bonds is 10. The van der Waals surface area contributed by atoms with Crippen LogP contribution in [-0.4, -0.2) is 84.3 Å². The fraction of sp³-hybridized carbons (Fsp3) is 0.524. The number of hydrazone groups is 1. The maximum atomic E-state index is 12.4. The van der Waals surface area contributed by atoms with E-state index in [0.29, 0.717) is 24.6 Å². The molecular formula is C21H34N5O4+. The zero-order valence-electron chi connectivity index (χ0n) is 18.6. The van der Waals surface area contributed by atoms with E-state index < -0.39 is 5.97 Å². The number of esters is 1. The van der Waals surface area contributed by atoms with Crippen LogP contribution in [0.25, 0.3) is 0 Å². The first kappa shape index (κ1) is 23.5. The van der Waals surface area contributed by atoms with Gasteiger partial charge in [-0.1, -0.05) is 0 Å². The molecule has 1 aliphatic heterocycles. The lowest BCUT2D eigenvalue weighted by atomic mass is 10.2. The fourth-order valence-corrected chi connectivity index (χ4v) is 3.06. The van der Waals surface area contributed by atoms with E-state index in [1.54, 1.807) is 26.1 Å². The summed E-state index contributed by atoms with van der Waals surface area (Å²) in [4.78, 5) is 16.6. The minimum absolute atomic E-state index is 0.293. The van der Waals surface area contributed by atoms with Crippen molar-refractivity contribution in [2.45, 2.75) is 6.92 Å². The Kier molecular flexibility index (Phi) is 9.43. The number of hydrogen-bond acceptors (Lipinski definition) is 8. The topological polar surface area (TPSA) is 83.5 Å². The van der Waals surface area contributed by atoms with Gasteiger partial charge in [-0.3, -0.25) is 5.01 Å². The van der Waals surface area contributed by atoms with Crippen molar-refractivity contribution in [1.29, 1.82) is 0 Å². The number of ether oxygens (including phenoxy) is 3. The van der Waals surface area contributed by atoms with Crippen molar-refractivity contribution in [3.05, 3.63) is 30.6 Å². The molecule has 1 aromatic carbocycles. The Labute approximate surface area is 178 Å². The number of carbonyl (C=O) groups is 1. The third-order valence-corrected chi connectivity index (χ3v) is 4.60. The van der Waals surface area contributed by atoms with Gasteiger partial charge in [-0.05, 0) is 19.1 Å². The second kappa shape index (κ2) is 12.0. The molecule has 0 unspecified atom stereocenters. The van der Waals surface area contributed by atoms with E-state index >= 15 is 0 Å². The molecule has 1 aliphatic rings. The Morgan fingerprint density at radius 2 is 2.07 bits per heavy atom. The minimum atomic E-state index is -0.436. The molecule has 0 amide bonds. The number of nitrogens with two attached hydrogens (primary N) is 1. The van der Waals surface area contributed by atoms with E-state index in [4.69, 9.17) is 14.2 Å². The van der Waals surface area contributed by atoms with Gasteiger partial charge >= 0.3 is 5.97 Å². The van der Waals surface area contributed by atoms with Crippen LogP contribution in [0.1, 0.15) is 6.92 Å². The van der Waals surface area contributed by atoms with Gasteiger partial charge in [-0.15, -0.1) is 0 Å². The molecule has 0 radical (unpaired) electrons. The van der Waals surface area contributed by atoms with Gasteiger partial charge in [0.15, 0.2) is 5.71 Å². The van der Waals surface area contributed by atoms with Crippen LogP contribution in [0.4, 0.5) is 11.4 Å². The lowest BCUT2D eigenvalue weighted by molar-refractivity contribution is -0.557. The summed E-state index contributed by atoms with van der Waals surface area (Å²) in [5.41, 5.74) is 2.14. The quantitative estimate of drug-likeness (QED) is 0.335. The van der Waals surface area contributed by atoms with Gasteiger partial charge < -0.3 is 29.3 Å². The average Bonchev–Trinajstić information content (AvgIpc) is 2.77. The Bertz CT molecular complexity index is 747. The van der Waals surface area contributed by atoms with Crippen molar-refractivity contribution in [2.24, 2.45) is 5.10 Å². The van der Waals surface area contributed by atoms with E-state index in [9.17, 15) is 4.79 Å². The first-order valence-electron chi connectivity index (χ1n) is 10.2. The van der Waals surface area contributed by atoms with Crippen LogP contribution in [0.15, 0.2) is 35.7 Å². The summed E-state index contributed by atoms with van der Waals surface area (Å²) in [5.74, 6) is 0.247. The van der Waals surface area contributed by atoms with Crippen molar-refractivity contribution in [3.8, 4) is 5.75 Å². The summed E-state index contributed by atoms with van der Waals surface area (Å²) in [7, 11) is 7.24. The SMILES string of the molecule is CCOC(=O)/C(CN(C)/C=C\[NH2+]C)=N\N(C)c1ccc(N2CCOCC2)cc1OC. The lowest BCUT2D eigenvalue weighted by Crippen LogP contribution is -2.72. The zero-order valence-corrected chi connectivity index (χ0v) is 18.6. The minimum Gasteiger partial charge on any atom is -0.494 e. The van der Waals surface area contributed by atoms with Crippen LogP contribution in [0.2, 0.25) is 0 Å². The lowest BCUT2D eigenvalue weighted by Gasteiger charge is -2.29. The van der Waals surface area contributed by atoms with Gasteiger partial charge in [0.25, 0.3) is 0 Å². The van der Waals surface area contributed by atoms with Crippen molar-refractivity contribution in [1.82, 2.24) is 4.90 Å². The van der Waals surface area contributed by atoms with Gasteiger partial charge in [-0.25, -0.2) is 4.79 Å². The average molecular weight is 421 g/mol. The molecule has 9 nitrogen and oxygen atoms in total. The number of anilines is 2. The van der Waals surface area contributed by atoms with Crippen LogP contribution in [0.5, 0.6) is 5.75 Å². The van der Waals surface area contributed by atoms with Gasteiger partial charge in [0.1, 0.15) is 17.6 Å². The van der Waals surface area contributed by atoms with Gasteiger partial charge in [0.05, 0.1) is 46.7 Å². The number of benzene rings is 1. The molecule has 30 heavy (non-hydrogen) atoms. The van der Waals surface area contributed by atoms with Crippen molar-refractivity contribution < 1.29 is 24.3 Å². The molecule has 0 aliphatic carbocycles. The highest BCUT2D eigenvalue weighted by atomic mass is 16.5. The number of carbonyl (C=O) groups excluding carboxylic acids is 1. The highest BCUT2D eigenvalue weighted by molar-refractivity contribution is 6.37. The molecule has 0 spiro atoms. The Morgan fingerprint density at radius 3 is 2.70 bits per heavy atom. The van der Waals surface area contributed by atoms with Gasteiger partial charge in [-0.2, -0.15) is 5.10 Å². The second-order valence-corrected chi connectivity index (χ2v) is 6.84. The predicted octanol–water partition coefficient (Wildman–Crippen LogP) is 0.483. The first-order valence-corrected chi connectivity index (χ1v) is 10.2. The Balaban J connectivity index is 2.26. The number of quaternary nitrogens is 1. The molecule has 1 aromatic rings. The molecular weight excluding hydrogens is 386 g/mol. The molecule has 0 aromatic heterocycles. The van der Waals surface area contributed by atoms with E-state index in [2.05, 4.69) is 10.0 Å².